The van der Waals surface area contributed by atoms with Crippen LogP contribution in [0.5, 0.6) is 0 Å². The highest BCUT2D eigenvalue weighted by Crippen LogP contribution is 2.16. The van der Waals surface area contributed by atoms with Gasteiger partial charge < -0.3 is 5.32 Å². The number of nitrogens with zero attached hydrogens (tertiary/aromatic N) is 2. The monoisotopic (exact) mass is 465 g/mol. The van der Waals surface area contributed by atoms with E-state index >= 15 is 0 Å². The fraction of sp³-hybridized carbons (Fsp3) is 0.333. The summed E-state index contributed by atoms with van der Waals surface area (Å²) in [4.78, 5) is 13.0. The minimum atomic E-state index is -3.25. The van der Waals surface area contributed by atoms with E-state index in [-0.39, 0.29) is 17.2 Å². The van der Waals surface area contributed by atoms with E-state index in [0.717, 1.165) is 30.2 Å². The highest BCUT2D eigenvalue weighted by atomic mass is 35.5. The Labute approximate surface area is 187 Å². The van der Waals surface area contributed by atoms with E-state index < -0.39 is 9.84 Å². The molecular formula is C21H24ClN3O3S2. The Morgan fingerprint density at radius 2 is 1.63 bits per heavy atom. The number of hydrogen-bond acceptors (Lipinski definition) is 4. The van der Waals surface area contributed by atoms with Crippen molar-refractivity contribution in [3.8, 4) is 0 Å². The Morgan fingerprint density at radius 3 is 2.27 bits per heavy atom. The molecule has 160 valence electrons. The molecule has 30 heavy (non-hydrogen) atoms. The van der Waals surface area contributed by atoms with E-state index in [9.17, 15) is 13.2 Å². The molecule has 1 aliphatic heterocycles. The molecule has 0 radical (unpaired) electrons. The number of benzene rings is 2. The van der Waals surface area contributed by atoms with Crippen LogP contribution in [0, 0.1) is 0 Å². The van der Waals surface area contributed by atoms with Crippen LogP contribution in [0.2, 0.25) is 5.02 Å². The third kappa shape index (κ3) is 5.93. The van der Waals surface area contributed by atoms with Gasteiger partial charge in [0.05, 0.1) is 11.3 Å². The lowest BCUT2D eigenvalue weighted by atomic mass is 10.1. The number of halogens is 1. The molecule has 2 aromatic carbocycles. The maximum Gasteiger partial charge on any atom is 0.245 e. The molecule has 1 saturated heterocycles. The van der Waals surface area contributed by atoms with Crippen LogP contribution in [0.3, 0.4) is 0 Å². The first kappa shape index (κ1) is 22.5. The first-order valence-electron chi connectivity index (χ1n) is 9.63. The molecule has 1 heterocycles. The zero-order valence-electron chi connectivity index (χ0n) is 16.7. The van der Waals surface area contributed by atoms with Crippen LogP contribution < -0.4 is 5.32 Å². The average molecular weight is 466 g/mol. The molecule has 0 bridgehead atoms. The number of thiocarbonyl (C=S) groups is 1. The van der Waals surface area contributed by atoms with Gasteiger partial charge in [-0.2, -0.15) is 0 Å². The van der Waals surface area contributed by atoms with Crippen LogP contribution in [-0.4, -0.2) is 55.3 Å². The number of carbonyl (C=O) groups is 1. The summed E-state index contributed by atoms with van der Waals surface area (Å²) in [6.07, 6.45) is 2.99. The van der Waals surface area contributed by atoms with Crippen molar-refractivity contribution in [1.82, 2.24) is 15.3 Å². The van der Waals surface area contributed by atoms with Crippen molar-refractivity contribution in [2.45, 2.75) is 24.2 Å². The molecule has 0 saturated carbocycles. The van der Waals surface area contributed by atoms with Gasteiger partial charge in [0.25, 0.3) is 0 Å². The van der Waals surface area contributed by atoms with Crippen LogP contribution in [0.4, 0.5) is 0 Å². The smallest absolute Gasteiger partial charge is 0.245 e. The van der Waals surface area contributed by atoms with Gasteiger partial charge in [-0.1, -0.05) is 35.9 Å². The predicted molar refractivity (Wildman–Crippen MR) is 122 cm³/mol. The average Bonchev–Trinajstić information content (AvgIpc) is 3.19. The lowest BCUT2D eigenvalue weighted by Gasteiger charge is -2.30. The van der Waals surface area contributed by atoms with Gasteiger partial charge in [-0.05, 0) is 60.5 Å². The number of rotatable bonds is 6. The quantitative estimate of drug-likeness (QED) is 0.661. The molecular weight excluding hydrogens is 442 g/mol. The molecule has 6 nitrogen and oxygen atoms in total. The second-order valence-corrected chi connectivity index (χ2v) is 10.0. The van der Waals surface area contributed by atoms with Crippen molar-refractivity contribution in [2.24, 2.45) is 0 Å². The van der Waals surface area contributed by atoms with Crippen molar-refractivity contribution >= 4 is 44.7 Å². The number of amides is 1. The van der Waals surface area contributed by atoms with E-state index in [1.54, 1.807) is 17.1 Å². The van der Waals surface area contributed by atoms with Gasteiger partial charge in [-0.15, -0.1) is 0 Å². The van der Waals surface area contributed by atoms with Crippen LogP contribution in [0.15, 0.2) is 53.4 Å². The zero-order chi connectivity index (χ0) is 21.7. The van der Waals surface area contributed by atoms with Gasteiger partial charge in [0.2, 0.25) is 5.91 Å². The molecule has 0 aromatic heterocycles. The Bertz CT molecular complexity index is 1010. The third-order valence-corrected chi connectivity index (χ3v) is 6.60. The van der Waals surface area contributed by atoms with E-state index in [4.69, 9.17) is 23.8 Å². The van der Waals surface area contributed by atoms with E-state index in [1.165, 1.54) is 12.1 Å². The molecule has 0 aliphatic carbocycles. The minimum Gasteiger partial charge on any atom is -0.361 e. The van der Waals surface area contributed by atoms with Crippen LogP contribution >= 0.6 is 23.8 Å². The maximum atomic E-state index is 12.8. The largest absolute Gasteiger partial charge is 0.361 e. The lowest BCUT2D eigenvalue weighted by molar-refractivity contribution is -0.138. The minimum absolute atomic E-state index is 0.0681. The van der Waals surface area contributed by atoms with Crippen molar-refractivity contribution < 1.29 is 13.2 Å². The number of sulfone groups is 1. The number of hydrogen-bond donors (Lipinski definition) is 1. The second kappa shape index (κ2) is 9.76. The summed E-state index contributed by atoms with van der Waals surface area (Å²) in [7, 11) is -3.25. The topological polar surface area (TPSA) is 69.7 Å². The fourth-order valence-electron chi connectivity index (χ4n) is 3.26. The Hall–Kier alpha value is -2.16. The summed E-state index contributed by atoms with van der Waals surface area (Å²) in [5.41, 5.74) is 1.92. The number of hydrazine groups is 1. The van der Waals surface area contributed by atoms with Gasteiger partial charge in [0, 0.05) is 30.9 Å². The molecule has 1 amide bonds. The van der Waals surface area contributed by atoms with E-state index in [1.807, 2.05) is 29.3 Å². The van der Waals surface area contributed by atoms with Gasteiger partial charge in [0.1, 0.15) is 0 Å². The summed E-state index contributed by atoms with van der Waals surface area (Å²) in [5, 5.41) is 7.94. The molecule has 9 heteroatoms. The normalized spacial score (nSPS) is 14.1. The summed E-state index contributed by atoms with van der Waals surface area (Å²) in [5.74, 6) is -0.0681. The lowest BCUT2D eigenvalue weighted by Crippen LogP contribution is -2.49. The summed E-state index contributed by atoms with van der Waals surface area (Å²) >= 11 is 11.4. The van der Waals surface area contributed by atoms with E-state index in [0.29, 0.717) is 29.8 Å². The fourth-order valence-corrected chi connectivity index (χ4v) is 4.31. The highest BCUT2D eigenvalue weighted by molar-refractivity contribution is 7.90. The molecule has 1 aliphatic rings. The predicted octanol–water partition coefficient (Wildman–Crippen LogP) is 2.85. The third-order valence-electron chi connectivity index (χ3n) is 4.86. The van der Waals surface area contributed by atoms with E-state index in [2.05, 4.69) is 5.32 Å². The summed E-state index contributed by atoms with van der Waals surface area (Å²) < 4.78 is 23.2. The van der Waals surface area contributed by atoms with Crippen LogP contribution in [-0.2, 0) is 27.5 Å². The molecule has 1 N–H and O–H groups in total. The van der Waals surface area contributed by atoms with Crippen LogP contribution in [0.25, 0.3) is 0 Å². The highest BCUT2D eigenvalue weighted by Gasteiger charge is 2.28. The number of nitrogens with one attached hydrogen (secondary N) is 1. The molecule has 1 fully saturated rings. The molecule has 0 spiro atoms. The van der Waals surface area contributed by atoms with Crippen molar-refractivity contribution in [3.05, 3.63) is 64.7 Å². The molecule has 0 unspecified atom stereocenters. The molecule has 2 aromatic rings. The Balaban J connectivity index is 1.54. The first-order chi connectivity index (χ1) is 14.2. The zero-order valence-corrected chi connectivity index (χ0v) is 19.1. The van der Waals surface area contributed by atoms with Crippen molar-refractivity contribution in [1.29, 1.82) is 0 Å². The van der Waals surface area contributed by atoms with Crippen LogP contribution in [0.1, 0.15) is 17.5 Å². The Kier molecular flexibility index (Phi) is 7.33. The first-order valence-corrected chi connectivity index (χ1v) is 12.3. The summed E-state index contributed by atoms with van der Waals surface area (Å²) in [6, 6.07) is 14.1. The van der Waals surface area contributed by atoms with Gasteiger partial charge in [-0.3, -0.25) is 14.8 Å². The standard InChI is InChI=1S/C21H24ClN3O3S2/c1-30(27,28)19-9-5-17(6-10-19)15-20(26)24-13-2-14-25(24)21(29)23-12-11-16-3-7-18(22)8-4-16/h3-10H,2,11-15H2,1H3,(H,23,29). The Morgan fingerprint density at radius 1 is 1.03 bits per heavy atom. The number of carbonyl (C=O) groups excluding carboxylic acids is 1. The van der Waals surface area contributed by atoms with Crippen molar-refractivity contribution in [2.75, 3.05) is 25.9 Å². The maximum absolute atomic E-state index is 12.8. The van der Waals surface area contributed by atoms with Crippen molar-refractivity contribution in [3.63, 3.8) is 0 Å². The SMILES string of the molecule is CS(=O)(=O)c1ccc(CC(=O)N2CCCN2C(=S)NCCc2ccc(Cl)cc2)cc1. The summed E-state index contributed by atoms with van der Waals surface area (Å²) in [6.45, 7) is 1.96. The second-order valence-electron chi connectivity index (χ2n) is 7.19. The molecule has 3 rings (SSSR count). The van der Waals surface area contributed by atoms with Gasteiger partial charge >= 0.3 is 0 Å². The van der Waals surface area contributed by atoms with Gasteiger partial charge in [0.15, 0.2) is 14.9 Å². The van der Waals surface area contributed by atoms with Gasteiger partial charge in [-0.25, -0.2) is 8.42 Å². The molecule has 0 atom stereocenters.